The van der Waals surface area contributed by atoms with Crippen molar-refractivity contribution in [3.63, 3.8) is 0 Å². The molecular formula is C23H24ClN5O2. The van der Waals surface area contributed by atoms with Crippen LogP contribution in [0.1, 0.15) is 17.9 Å². The third-order valence-corrected chi connectivity index (χ3v) is 5.66. The Hall–Kier alpha value is -3.32. The van der Waals surface area contributed by atoms with Crippen molar-refractivity contribution < 1.29 is 9.53 Å². The maximum atomic E-state index is 12.7. The molecule has 1 fully saturated rings. The van der Waals surface area contributed by atoms with Gasteiger partial charge in [0.1, 0.15) is 5.75 Å². The van der Waals surface area contributed by atoms with Crippen LogP contribution in [-0.2, 0) is 0 Å². The molecule has 1 aromatic heterocycles. The number of ether oxygens (including phenoxy) is 1. The number of urea groups is 1. The fourth-order valence-electron chi connectivity index (χ4n) is 3.82. The predicted molar refractivity (Wildman–Crippen MR) is 122 cm³/mol. The molecule has 0 saturated carbocycles. The summed E-state index contributed by atoms with van der Waals surface area (Å²) in [5.74, 6) is 1.57. The third kappa shape index (κ3) is 5.24. The zero-order valence-electron chi connectivity index (χ0n) is 17.2. The Kier molecular flexibility index (Phi) is 6.52. The molecule has 0 spiro atoms. The number of methoxy groups -OCH3 is 1. The van der Waals surface area contributed by atoms with Crippen LogP contribution in [0, 0.1) is 0 Å². The molecule has 0 aliphatic carbocycles. The van der Waals surface area contributed by atoms with Crippen molar-refractivity contribution in [2.75, 3.05) is 30.4 Å². The summed E-state index contributed by atoms with van der Waals surface area (Å²) >= 11 is 5.92. The standard InChI is InChI=1S/C23H24ClN5O2/c1-31-19-9-3-16(4-10-19)20-15-29(22-25-12-2-13-26-22)14-11-21(20)28-23(30)27-18-7-5-17(24)6-8-18/h2-10,12-13,20-21H,11,14-15H2,1H3,(H2,27,28,30). The lowest BCUT2D eigenvalue weighted by molar-refractivity contribution is 0.243. The second-order valence-corrected chi connectivity index (χ2v) is 7.81. The Labute approximate surface area is 186 Å². The number of hydrogen-bond donors (Lipinski definition) is 2. The van der Waals surface area contributed by atoms with E-state index in [0.717, 1.165) is 24.3 Å². The molecule has 7 nitrogen and oxygen atoms in total. The molecule has 8 heteroatoms. The largest absolute Gasteiger partial charge is 0.497 e. The fourth-order valence-corrected chi connectivity index (χ4v) is 3.94. The normalized spacial score (nSPS) is 18.3. The van der Waals surface area contributed by atoms with E-state index in [-0.39, 0.29) is 18.0 Å². The van der Waals surface area contributed by atoms with Crippen molar-refractivity contribution in [3.8, 4) is 5.75 Å². The molecule has 2 N–H and O–H groups in total. The minimum atomic E-state index is -0.241. The Morgan fingerprint density at radius 2 is 1.81 bits per heavy atom. The van der Waals surface area contributed by atoms with E-state index in [4.69, 9.17) is 16.3 Å². The van der Waals surface area contributed by atoms with Gasteiger partial charge in [0, 0.05) is 48.2 Å². The number of amides is 2. The number of carbonyl (C=O) groups is 1. The number of nitrogens with zero attached hydrogens (tertiary/aromatic N) is 3. The van der Waals surface area contributed by atoms with E-state index in [9.17, 15) is 4.79 Å². The van der Waals surface area contributed by atoms with Gasteiger partial charge in [-0.3, -0.25) is 0 Å². The van der Waals surface area contributed by atoms with Crippen LogP contribution in [0.2, 0.25) is 5.02 Å². The molecule has 160 valence electrons. The number of nitrogens with one attached hydrogen (secondary N) is 2. The highest BCUT2D eigenvalue weighted by atomic mass is 35.5. The maximum absolute atomic E-state index is 12.7. The first kappa shape index (κ1) is 20.9. The molecule has 2 heterocycles. The molecule has 4 rings (SSSR count). The van der Waals surface area contributed by atoms with E-state index in [1.54, 1.807) is 49.8 Å². The van der Waals surface area contributed by atoms with Crippen LogP contribution in [0.3, 0.4) is 0 Å². The number of benzene rings is 2. The highest BCUT2D eigenvalue weighted by Crippen LogP contribution is 2.30. The second-order valence-electron chi connectivity index (χ2n) is 7.37. The molecule has 1 aliphatic heterocycles. The quantitative estimate of drug-likeness (QED) is 0.621. The highest BCUT2D eigenvalue weighted by Gasteiger charge is 2.32. The van der Waals surface area contributed by atoms with Gasteiger partial charge in [-0.1, -0.05) is 23.7 Å². The number of piperidine rings is 1. The van der Waals surface area contributed by atoms with E-state index < -0.39 is 0 Å². The number of halogens is 1. The van der Waals surface area contributed by atoms with Gasteiger partial charge in [0.2, 0.25) is 5.95 Å². The number of hydrogen-bond acceptors (Lipinski definition) is 5. The van der Waals surface area contributed by atoms with Gasteiger partial charge >= 0.3 is 6.03 Å². The van der Waals surface area contributed by atoms with Gasteiger partial charge in [-0.2, -0.15) is 0 Å². The first-order chi connectivity index (χ1) is 15.1. The van der Waals surface area contributed by atoms with Crippen LogP contribution in [0.5, 0.6) is 5.75 Å². The average molecular weight is 438 g/mol. The summed E-state index contributed by atoms with van der Waals surface area (Å²) in [6.45, 7) is 1.45. The van der Waals surface area contributed by atoms with E-state index in [1.165, 1.54) is 0 Å². The number of anilines is 2. The topological polar surface area (TPSA) is 79.4 Å². The summed E-state index contributed by atoms with van der Waals surface area (Å²) in [5, 5.41) is 6.66. The summed E-state index contributed by atoms with van der Waals surface area (Å²) in [6.07, 6.45) is 4.26. The third-order valence-electron chi connectivity index (χ3n) is 5.41. The lowest BCUT2D eigenvalue weighted by Gasteiger charge is -2.39. The zero-order valence-corrected chi connectivity index (χ0v) is 17.9. The number of aromatic nitrogens is 2. The molecule has 2 aromatic carbocycles. The molecule has 1 saturated heterocycles. The number of carbonyl (C=O) groups excluding carboxylic acids is 1. The predicted octanol–water partition coefficient (Wildman–Crippen LogP) is 4.32. The summed E-state index contributed by atoms with van der Waals surface area (Å²) < 4.78 is 5.29. The molecule has 1 aliphatic rings. The molecule has 31 heavy (non-hydrogen) atoms. The Balaban J connectivity index is 1.51. The molecule has 2 unspecified atom stereocenters. The maximum Gasteiger partial charge on any atom is 0.319 e. The molecule has 0 radical (unpaired) electrons. The summed E-state index contributed by atoms with van der Waals surface area (Å²) in [4.78, 5) is 23.6. The summed E-state index contributed by atoms with van der Waals surface area (Å²) in [6, 6.07) is 16.5. The van der Waals surface area contributed by atoms with Gasteiger partial charge in [-0.15, -0.1) is 0 Å². The fraction of sp³-hybridized carbons (Fsp3) is 0.261. The van der Waals surface area contributed by atoms with E-state index >= 15 is 0 Å². The Bertz CT molecular complexity index is 999. The van der Waals surface area contributed by atoms with Crippen molar-refractivity contribution in [2.45, 2.75) is 18.4 Å². The molecule has 2 atom stereocenters. The second kappa shape index (κ2) is 9.66. The minimum Gasteiger partial charge on any atom is -0.497 e. The first-order valence-electron chi connectivity index (χ1n) is 10.1. The van der Waals surface area contributed by atoms with E-state index in [1.807, 2.05) is 24.3 Å². The minimum absolute atomic E-state index is 0.0411. The van der Waals surface area contributed by atoms with E-state index in [0.29, 0.717) is 23.2 Å². The van der Waals surface area contributed by atoms with Gasteiger partial charge in [0.05, 0.1) is 7.11 Å². The van der Waals surface area contributed by atoms with Crippen LogP contribution in [0.4, 0.5) is 16.4 Å². The van der Waals surface area contributed by atoms with Crippen molar-refractivity contribution >= 4 is 29.3 Å². The van der Waals surface area contributed by atoms with Crippen molar-refractivity contribution in [1.82, 2.24) is 15.3 Å². The van der Waals surface area contributed by atoms with Gasteiger partial charge < -0.3 is 20.3 Å². The monoisotopic (exact) mass is 437 g/mol. The smallest absolute Gasteiger partial charge is 0.319 e. The van der Waals surface area contributed by atoms with Crippen LogP contribution in [-0.4, -0.2) is 42.2 Å². The summed E-state index contributed by atoms with van der Waals surface area (Å²) in [7, 11) is 1.65. The van der Waals surface area contributed by atoms with E-state index in [2.05, 4.69) is 25.5 Å². The summed E-state index contributed by atoms with van der Waals surface area (Å²) in [5.41, 5.74) is 1.82. The molecular weight excluding hydrogens is 414 g/mol. The lowest BCUT2D eigenvalue weighted by atomic mass is 9.86. The van der Waals surface area contributed by atoms with Crippen molar-refractivity contribution in [3.05, 3.63) is 77.6 Å². The van der Waals surface area contributed by atoms with Crippen LogP contribution in [0.25, 0.3) is 0 Å². The van der Waals surface area contributed by atoms with Gasteiger partial charge in [-0.25, -0.2) is 14.8 Å². The first-order valence-corrected chi connectivity index (χ1v) is 10.5. The highest BCUT2D eigenvalue weighted by molar-refractivity contribution is 6.30. The lowest BCUT2D eigenvalue weighted by Crippen LogP contribution is -2.51. The van der Waals surface area contributed by atoms with Gasteiger partial charge in [0.15, 0.2) is 0 Å². The zero-order chi connectivity index (χ0) is 21.6. The number of rotatable bonds is 5. The average Bonchev–Trinajstić information content (AvgIpc) is 2.81. The SMILES string of the molecule is COc1ccc(C2CN(c3ncccn3)CCC2NC(=O)Nc2ccc(Cl)cc2)cc1. The molecule has 0 bridgehead atoms. The van der Waals surface area contributed by atoms with Crippen molar-refractivity contribution in [1.29, 1.82) is 0 Å². The molecule has 3 aromatic rings. The van der Waals surface area contributed by atoms with Crippen LogP contribution in [0.15, 0.2) is 67.0 Å². The van der Waals surface area contributed by atoms with Gasteiger partial charge in [0.25, 0.3) is 0 Å². The Morgan fingerprint density at radius 3 is 2.48 bits per heavy atom. The Morgan fingerprint density at radius 1 is 1.10 bits per heavy atom. The van der Waals surface area contributed by atoms with Crippen LogP contribution >= 0.6 is 11.6 Å². The molecule has 2 amide bonds. The van der Waals surface area contributed by atoms with Crippen molar-refractivity contribution in [2.24, 2.45) is 0 Å². The van der Waals surface area contributed by atoms with Gasteiger partial charge in [-0.05, 0) is 54.4 Å². The van der Waals surface area contributed by atoms with Crippen LogP contribution < -0.4 is 20.3 Å².